The van der Waals surface area contributed by atoms with E-state index in [2.05, 4.69) is 22.5 Å². The van der Waals surface area contributed by atoms with Crippen molar-refractivity contribution in [3.63, 3.8) is 0 Å². The fraction of sp³-hybridized carbons (Fsp3) is 0.636. The molecule has 1 saturated heterocycles. The van der Waals surface area contributed by atoms with Crippen molar-refractivity contribution in [1.82, 2.24) is 25.1 Å². The molecule has 1 aliphatic rings. The third-order valence-electron chi connectivity index (χ3n) is 2.86. The lowest BCUT2D eigenvalue weighted by Crippen LogP contribution is -2.38. The number of hydrogen-bond donors (Lipinski definition) is 2. The summed E-state index contributed by atoms with van der Waals surface area (Å²) in [5.41, 5.74) is 0. The third kappa shape index (κ3) is 3.45. The van der Waals surface area contributed by atoms with E-state index in [1.807, 2.05) is 22.0 Å². The molecule has 2 heterocycles. The lowest BCUT2D eigenvalue weighted by atomic mass is 10.3. The Kier molecular flexibility index (Phi) is 3.98. The van der Waals surface area contributed by atoms with Gasteiger partial charge in [0.25, 0.3) is 0 Å². The van der Waals surface area contributed by atoms with Crippen molar-refractivity contribution in [2.75, 3.05) is 26.2 Å². The summed E-state index contributed by atoms with van der Waals surface area (Å²) < 4.78 is 2.04. The first-order chi connectivity index (χ1) is 8.25. The largest absolute Gasteiger partial charge is 0.336 e. The van der Waals surface area contributed by atoms with Gasteiger partial charge >= 0.3 is 6.03 Å². The van der Waals surface area contributed by atoms with E-state index in [0.29, 0.717) is 6.04 Å². The fourth-order valence-corrected chi connectivity index (χ4v) is 1.95. The van der Waals surface area contributed by atoms with Crippen molar-refractivity contribution < 1.29 is 4.79 Å². The molecule has 1 aromatic rings. The maximum Gasteiger partial charge on any atom is 0.317 e. The van der Waals surface area contributed by atoms with Crippen molar-refractivity contribution in [3.8, 4) is 0 Å². The minimum atomic E-state index is 0.0501. The second-order valence-corrected chi connectivity index (χ2v) is 4.33. The Balaban J connectivity index is 1.63. The number of hydrogen-bond acceptors (Lipinski definition) is 3. The second kappa shape index (κ2) is 5.67. The van der Waals surface area contributed by atoms with Crippen molar-refractivity contribution in [3.05, 3.63) is 18.7 Å². The van der Waals surface area contributed by atoms with Crippen LogP contribution in [0.3, 0.4) is 0 Å². The van der Waals surface area contributed by atoms with Gasteiger partial charge in [-0.15, -0.1) is 0 Å². The average Bonchev–Trinajstić information content (AvgIpc) is 2.91. The topological polar surface area (TPSA) is 62.2 Å². The van der Waals surface area contributed by atoms with Crippen molar-refractivity contribution in [2.24, 2.45) is 0 Å². The molecule has 1 aromatic heterocycles. The minimum absolute atomic E-state index is 0.0501. The molecule has 2 rings (SSSR count). The molecular weight excluding hydrogens is 218 g/mol. The lowest BCUT2D eigenvalue weighted by Gasteiger charge is -2.18. The summed E-state index contributed by atoms with van der Waals surface area (Å²) >= 11 is 0. The van der Waals surface area contributed by atoms with E-state index in [4.69, 9.17) is 0 Å². The van der Waals surface area contributed by atoms with Gasteiger partial charge in [-0.2, -0.15) is 0 Å². The highest BCUT2D eigenvalue weighted by molar-refractivity contribution is 5.76. The summed E-state index contributed by atoms with van der Waals surface area (Å²) in [5, 5.41) is 6.19. The molecule has 6 heteroatoms. The van der Waals surface area contributed by atoms with E-state index in [0.717, 1.165) is 32.7 Å². The van der Waals surface area contributed by atoms with Crippen LogP contribution >= 0.6 is 0 Å². The van der Waals surface area contributed by atoms with Crippen LogP contribution in [0.15, 0.2) is 18.7 Å². The van der Waals surface area contributed by atoms with Gasteiger partial charge in [-0.3, -0.25) is 0 Å². The van der Waals surface area contributed by atoms with Gasteiger partial charge in [0.05, 0.1) is 6.33 Å². The second-order valence-electron chi connectivity index (χ2n) is 4.33. The van der Waals surface area contributed by atoms with E-state index < -0.39 is 0 Å². The van der Waals surface area contributed by atoms with Crippen molar-refractivity contribution in [1.29, 1.82) is 0 Å². The van der Waals surface area contributed by atoms with Gasteiger partial charge in [0.1, 0.15) is 0 Å². The maximum absolute atomic E-state index is 11.3. The van der Waals surface area contributed by atoms with Crippen LogP contribution in [0, 0.1) is 0 Å². The summed E-state index contributed by atoms with van der Waals surface area (Å²) in [5.74, 6) is 0. The molecule has 94 valence electrons. The van der Waals surface area contributed by atoms with Crippen LogP contribution in [0.2, 0.25) is 0 Å². The number of rotatable bonds is 6. The van der Waals surface area contributed by atoms with Crippen LogP contribution in [0.1, 0.15) is 6.92 Å². The zero-order chi connectivity index (χ0) is 12.1. The molecule has 6 nitrogen and oxygen atoms in total. The summed E-state index contributed by atoms with van der Waals surface area (Å²) in [4.78, 5) is 17.1. The standard InChI is InChI=1S/C11H19N5O/c1-10(8-15-5-2-12-9-15)13-3-6-16-7-4-14-11(16)17/h2,5,9-10,13H,3-4,6-8H2,1H3,(H,14,17). The van der Waals surface area contributed by atoms with Crippen LogP contribution in [-0.4, -0.2) is 52.7 Å². The highest BCUT2D eigenvalue weighted by Gasteiger charge is 2.18. The molecule has 0 spiro atoms. The average molecular weight is 237 g/mol. The molecule has 0 saturated carbocycles. The maximum atomic E-state index is 11.3. The first kappa shape index (κ1) is 11.9. The molecule has 0 radical (unpaired) electrons. The van der Waals surface area contributed by atoms with Gasteiger partial charge in [-0.25, -0.2) is 9.78 Å². The van der Waals surface area contributed by atoms with E-state index in [1.165, 1.54) is 0 Å². The monoisotopic (exact) mass is 237 g/mol. The molecule has 2 N–H and O–H groups in total. The van der Waals surface area contributed by atoms with Gasteiger partial charge < -0.3 is 20.1 Å². The molecule has 1 atom stereocenters. The number of carbonyl (C=O) groups excluding carboxylic acids is 1. The third-order valence-corrected chi connectivity index (χ3v) is 2.86. The normalized spacial score (nSPS) is 17.2. The van der Waals surface area contributed by atoms with Crippen LogP contribution in [0.4, 0.5) is 4.79 Å². The first-order valence-corrected chi connectivity index (χ1v) is 5.97. The van der Waals surface area contributed by atoms with Crippen LogP contribution in [0.5, 0.6) is 0 Å². The summed E-state index contributed by atoms with van der Waals surface area (Å²) in [7, 11) is 0. The van der Waals surface area contributed by atoms with E-state index in [-0.39, 0.29) is 6.03 Å². The van der Waals surface area contributed by atoms with Crippen LogP contribution in [0.25, 0.3) is 0 Å². The number of nitrogens with zero attached hydrogens (tertiary/aromatic N) is 3. The lowest BCUT2D eigenvalue weighted by molar-refractivity contribution is 0.217. The molecular formula is C11H19N5O. The molecule has 17 heavy (non-hydrogen) atoms. The highest BCUT2D eigenvalue weighted by atomic mass is 16.2. The fourth-order valence-electron chi connectivity index (χ4n) is 1.95. The Morgan fingerprint density at radius 3 is 3.18 bits per heavy atom. The first-order valence-electron chi connectivity index (χ1n) is 5.97. The highest BCUT2D eigenvalue weighted by Crippen LogP contribution is 1.96. The van der Waals surface area contributed by atoms with Crippen molar-refractivity contribution >= 4 is 6.03 Å². The number of carbonyl (C=O) groups is 1. The van der Waals surface area contributed by atoms with Crippen molar-refractivity contribution in [2.45, 2.75) is 19.5 Å². The smallest absolute Gasteiger partial charge is 0.317 e. The quantitative estimate of drug-likeness (QED) is 0.725. The SMILES string of the molecule is CC(Cn1ccnc1)NCCN1CCNC1=O. The zero-order valence-corrected chi connectivity index (χ0v) is 10.1. The Hall–Kier alpha value is -1.56. The Bertz CT molecular complexity index is 351. The van der Waals surface area contributed by atoms with Gasteiger partial charge in [0.2, 0.25) is 0 Å². The van der Waals surface area contributed by atoms with E-state index in [1.54, 1.807) is 6.20 Å². The van der Waals surface area contributed by atoms with Gasteiger partial charge in [-0.05, 0) is 6.92 Å². The molecule has 1 unspecified atom stereocenters. The van der Waals surface area contributed by atoms with Gasteiger partial charge in [0, 0.05) is 51.2 Å². The van der Waals surface area contributed by atoms with Gasteiger partial charge in [0.15, 0.2) is 0 Å². The van der Waals surface area contributed by atoms with E-state index >= 15 is 0 Å². The minimum Gasteiger partial charge on any atom is -0.336 e. The Morgan fingerprint density at radius 2 is 2.53 bits per heavy atom. The number of aromatic nitrogens is 2. The van der Waals surface area contributed by atoms with Gasteiger partial charge in [-0.1, -0.05) is 0 Å². The molecule has 1 fully saturated rings. The summed E-state index contributed by atoms with van der Waals surface area (Å²) in [6, 6.07) is 0.420. The summed E-state index contributed by atoms with van der Waals surface area (Å²) in [6.45, 7) is 6.19. The number of imidazole rings is 1. The predicted molar refractivity (Wildman–Crippen MR) is 64.7 cm³/mol. The van der Waals surface area contributed by atoms with Crippen LogP contribution in [-0.2, 0) is 6.54 Å². The van der Waals surface area contributed by atoms with Crippen LogP contribution < -0.4 is 10.6 Å². The number of nitrogens with one attached hydrogen (secondary N) is 2. The van der Waals surface area contributed by atoms with E-state index in [9.17, 15) is 4.79 Å². The zero-order valence-electron chi connectivity index (χ0n) is 10.1. The molecule has 0 aliphatic carbocycles. The Labute approximate surface area is 101 Å². The number of amides is 2. The molecule has 0 aromatic carbocycles. The molecule has 2 amide bonds. The number of urea groups is 1. The molecule has 1 aliphatic heterocycles. The molecule has 0 bridgehead atoms. The summed E-state index contributed by atoms with van der Waals surface area (Å²) in [6.07, 6.45) is 5.54. The predicted octanol–water partition coefficient (Wildman–Crippen LogP) is -0.114. The Morgan fingerprint density at radius 1 is 1.65 bits per heavy atom.